The molecule has 0 saturated heterocycles. The van der Waals surface area contributed by atoms with Crippen molar-refractivity contribution in [3.05, 3.63) is 70.8 Å². The van der Waals surface area contributed by atoms with Crippen LogP contribution in [0, 0.1) is 5.92 Å². The van der Waals surface area contributed by atoms with Crippen molar-refractivity contribution in [3.8, 4) is 5.69 Å². The molecule has 1 aromatic heterocycles. The standard InChI is InChI=1S/C20H19BrN4O/c1-13-11-17(13)18-12-19(25(24-18)16-5-3-2-4-6-16)23-20(26)22-15-9-7-14(21)8-10-15/h2-10,12-13,17H,11H2,1H3,(H2,22,23,26). The van der Waals surface area contributed by atoms with Gasteiger partial charge in [-0.15, -0.1) is 0 Å². The monoisotopic (exact) mass is 410 g/mol. The second-order valence-corrected chi connectivity index (χ2v) is 7.52. The molecule has 1 aliphatic rings. The summed E-state index contributed by atoms with van der Waals surface area (Å²) in [6.07, 6.45) is 1.15. The minimum atomic E-state index is -0.292. The van der Waals surface area contributed by atoms with Crippen LogP contribution in [0.1, 0.15) is 25.0 Å². The third-order valence-electron chi connectivity index (χ3n) is 4.56. The van der Waals surface area contributed by atoms with E-state index in [4.69, 9.17) is 5.10 Å². The highest BCUT2D eigenvalue weighted by Crippen LogP contribution is 2.47. The fraction of sp³-hybridized carbons (Fsp3) is 0.200. The molecule has 2 unspecified atom stereocenters. The lowest BCUT2D eigenvalue weighted by Crippen LogP contribution is -2.21. The zero-order valence-electron chi connectivity index (χ0n) is 14.3. The summed E-state index contributed by atoms with van der Waals surface area (Å²) in [7, 11) is 0. The molecule has 2 atom stereocenters. The number of carbonyl (C=O) groups excluding carboxylic acids is 1. The van der Waals surface area contributed by atoms with Gasteiger partial charge < -0.3 is 5.32 Å². The molecule has 132 valence electrons. The number of hydrogen-bond donors (Lipinski definition) is 2. The molecule has 0 bridgehead atoms. The van der Waals surface area contributed by atoms with Crippen molar-refractivity contribution in [1.82, 2.24) is 9.78 Å². The molecule has 0 aliphatic heterocycles. The molecule has 1 aliphatic carbocycles. The van der Waals surface area contributed by atoms with E-state index in [1.165, 1.54) is 0 Å². The zero-order valence-corrected chi connectivity index (χ0v) is 15.9. The van der Waals surface area contributed by atoms with Gasteiger partial charge in [-0.1, -0.05) is 41.1 Å². The number of amides is 2. The van der Waals surface area contributed by atoms with Crippen molar-refractivity contribution < 1.29 is 4.79 Å². The first-order chi connectivity index (χ1) is 12.6. The molecule has 1 heterocycles. The molecule has 6 heteroatoms. The highest BCUT2D eigenvalue weighted by molar-refractivity contribution is 9.10. The summed E-state index contributed by atoms with van der Waals surface area (Å²) in [6, 6.07) is 19.0. The van der Waals surface area contributed by atoms with Crippen LogP contribution in [0.15, 0.2) is 65.1 Å². The fourth-order valence-electron chi connectivity index (χ4n) is 2.98. The van der Waals surface area contributed by atoms with Crippen molar-refractivity contribution in [2.24, 2.45) is 5.92 Å². The Morgan fingerprint density at radius 1 is 1.12 bits per heavy atom. The molecular formula is C20H19BrN4O. The summed E-state index contributed by atoms with van der Waals surface area (Å²) in [5.74, 6) is 1.80. The number of urea groups is 1. The Bertz CT molecular complexity index is 921. The van der Waals surface area contributed by atoms with E-state index in [0.29, 0.717) is 17.7 Å². The molecule has 1 saturated carbocycles. The maximum absolute atomic E-state index is 12.4. The first kappa shape index (κ1) is 16.8. The Kier molecular flexibility index (Phi) is 4.51. The summed E-state index contributed by atoms with van der Waals surface area (Å²) in [5, 5.41) is 10.5. The zero-order chi connectivity index (χ0) is 18.1. The molecular weight excluding hydrogens is 392 g/mol. The van der Waals surface area contributed by atoms with Gasteiger partial charge in [-0.25, -0.2) is 9.48 Å². The van der Waals surface area contributed by atoms with Crippen molar-refractivity contribution in [2.45, 2.75) is 19.3 Å². The number of para-hydroxylation sites is 1. The SMILES string of the molecule is CC1CC1c1cc(NC(=O)Nc2ccc(Br)cc2)n(-c2ccccc2)n1. The molecule has 1 fully saturated rings. The van der Waals surface area contributed by atoms with Gasteiger partial charge in [0.15, 0.2) is 0 Å². The van der Waals surface area contributed by atoms with E-state index in [9.17, 15) is 4.79 Å². The Hall–Kier alpha value is -2.60. The summed E-state index contributed by atoms with van der Waals surface area (Å²) >= 11 is 3.39. The minimum absolute atomic E-state index is 0.292. The number of nitrogens with zero attached hydrogens (tertiary/aromatic N) is 2. The highest BCUT2D eigenvalue weighted by atomic mass is 79.9. The number of aromatic nitrogens is 2. The third kappa shape index (κ3) is 3.65. The van der Waals surface area contributed by atoms with Gasteiger partial charge in [-0.05, 0) is 48.7 Å². The topological polar surface area (TPSA) is 59.0 Å². The number of rotatable bonds is 4. The van der Waals surface area contributed by atoms with Crippen molar-refractivity contribution in [3.63, 3.8) is 0 Å². The van der Waals surface area contributed by atoms with Gasteiger partial charge in [0.2, 0.25) is 0 Å². The smallest absolute Gasteiger partial charge is 0.308 e. The number of halogens is 1. The van der Waals surface area contributed by atoms with Gasteiger partial charge in [0, 0.05) is 22.1 Å². The van der Waals surface area contributed by atoms with Crippen LogP contribution < -0.4 is 10.6 Å². The first-order valence-electron chi connectivity index (χ1n) is 8.59. The van der Waals surface area contributed by atoms with Gasteiger partial charge in [0.25, 0.3) is 0 Å². The van der Waals surface area contributed by atoms with E-state index >= 15 is 0 Å². The Morgan fingerprint density at radius 2 is 1.81 bits per heavy atom. The van der Waals surface area contributed by atoms with Crippen LogP contribution in [0.2, 0.25) is 0 Å². The molecule has 2 aromatic carbocycles. The van der Waals surface area contributed by atoms with E-state index in [1.54, 1.807) is 4.68 Å². The van der Waals surface area contributed by atoms with Crippen LogP contribution in [-0.2, 0) is 0 Å². The van der Waals surface area contributed by atoms with Gasteiger partial charge in [-0.3, -0.25) is 5.32 Å². The molecule has 0 radical (unpaired) electrons. The lowest BCUT2D eigenvalue weighted by atomic mass is 10.2. The normalized spacial score (nSPS) is 18.4. The predicted molar refractivity (Wildman–Crippen MR) is 107 cm³/mol. The number of benzene rings is 2. The van der Waals surface area contributed by atoms with Crippen LogP contribution in [0.3, 0.4) is 0 Å². The summed E-state index contributed by atoms with van der Waals surface area (Å²) in [4.78, 5) is 12.4. The second-order valence-electron chi connectivity index (χ2n) is 6.61. The maximum Gasteiger partial charge on any atom is 0.324 e. The van der Waals surface area contributed by atoms with E-state index in [0.717, 1.165) is 28.0 Å². The van der Waals surface area contributed by atoms with Crippen LogP contribution in [-0.4, -0.2) is 15.8 Å². The van der Waals surface area contributed by atoms with Gasteiger partial charge in [0.05, 0.1) is 11.4 Å². The lowest BCUT2D eigenvalue weighted by Gasteiger charge is -2.10. The Morgan fingerprint density at radius 3 is 2.46 bits per heavy atom. The quantitative estimate of drug-likeness (QED) is 0.604. The van der Waals surface area contributed by atoms with Gasteiger partial charge >= 0.3 is 6.03 Å². The number of hydrogen-bond acceptors (Lipinski definition) is 2. The van der Waals surface area contributed by atoms with Gasteiger partial charge in [-0.2, -0.15) is 5.10 Å². The number of anilines is 2. The van der Waals surface area contributed by atoms with Gasteiger partial charge in [0.1, 0.15) is 5.82 Å². The summed E-state index contributed by atoms with van der Waals surface area (Å²) < 4.78 is 2.76. The lowest BCUT2D eigenvalue weighted by molar-refractivity contribution is 0.262. The first-order valence-corrected chi connectivity index (χ1v) is 9.38. The Labute approximate surface area is 160 Å². The molecule has 26 heavy (non-hydrogen) atoms. The van der Waals surface area contributed by atoms with Crippen molar-refractivity contribution >= 4 is 33.5 Å². The minimum Gasteiger partial charge on any atom is -0.308 e. The van der Waals surface area contributed by atoms with E-state index < -0.39 is 0 Å². The largest absolute Gasteiger partial charge is 0.324 e. The molecule has 3 aromatic rings. The third-order valence-corrected chi connectivity index (χ3v) is 5.09. The average molecular weight is 411 g/mol. The molecule has 4 rings (SSSR count). The fourth-order valence-corrected chi connectivity index (χ4v) is 3.25. The van der Waals surface area contributed by atoms with E-state index in [2.05, 4.69) is 33.5 Å². The maximum atomic E-state index is 12.4. The average Bonchev–Trinajstić information content (AvgIpc) is 3.23. The van der Waals surface area contributed by atoms with Crippen molar-refractivity contribution in [1.29, 1.82) is 0 Å². The van der Waals surface area contributed by atoms with E-state index in [1.807, 2.05) is 60.7 Å². The molecule has 0 spiro atoms. The number of carbonyl (C=O) groups is 1. The van der Waals surface area contributed by atoms with Crippen LogP contribution in [0.4, 0.5) is 16.3 Å². The Balaban J connectivity index is 1.57. The predicted octanol–water partition coefficient (Wildman–Crippen LogP) is 5.40. The van der Waals surface area contributed by atoms with Crippen LogP contribution in [0.5, 0.6) is 0 Å². The van der Waals surface area contributed by atoms with Crippen molar-refractivity contribution in [2.75, 3.05) is 10.6 Å². The number of nitrogens with one attached hydrogen (secondary N) is 2. The second kappa shape index (κ2) is 6.96. The van der Waals surface area contributed by atoms with Crippen LogP contribution >= 0.6 is 15.9 Å². The van der Waals surface area contributed by atoms with Crippen LogP contribution in [0.25, 0.3) is 5.69 Å². The molecule has 5 nitrogen and oxygen atoms in total. The molecule has 2 N–H and O–H groups in total. The summed E-state index contributed by atoms with van der Waals surface area (Å²) in [6.45, 7) is 2.22. The highest BCUT2D eigenvalue weighted by Gasteiger charge is 2.36. The van der Waals surface area contributed by atoms with E-state index in [-0.39, 0.29) is 6.03 Å². The molecule has 2 amide bonds. The summed E-state index contributed by atoms with van der Waals surface area (Å²) in [5.41, 5.74) is 2.68.